The van der Waals surface area contributed by atoms with Crippen LogP contribution in [0.5, 0.6) is 0 Å². The Morgan fingerprint density at radius 1 is 1.13 bits per heavy atom. The van der Waals surface area contributed by atoms with Crippen LogP contribution in [-0.2, 0) is 4.79 Å². The second kappa shape index (κ2) is 10.2. The van der Waals surface area contributed by atoms with Crippen LogP contribution in [0.15, 0.2) is 41.4 Å². The summed E-state index contributed by atoms with van der Waals surface area (Å²) in [4.78, 5) is 18.5. The van der Waals surface area contributed by atoms with Crippen molar-refractivity contribution in [3.63, 3.8) is 0 Å². The molecule has 166 valence electrons. The number of rotatable bonds is 6. The molecule has 0 bridgehead atoms. The van der Waals surface area contributed by atoms with E-state index in [9.17, 15) is 18.0 Å². The van der Waals surface area contributed by atoms with E-state index in [2.05, 4.69) is 38.0 Å². The van der Waals surface area contributed by atoms with Crippen molar-refractivity contribution in [1.29, 1.82) is 0 Å². The van der Waals surface area contributed by atoms with Crippen LogP contribution < -0.4 is 20.9 Å². The lowest BCUT2D eigenvalue weighted by Gasteiger charge is -2.22. The number of carbonyl (C=O) groups is 1. The maximum Gasteiger partial charge on any atom is 0.243 e. The molecule has 1 atom stereocenters. The highest BCUT2D eigenvalue weighted by atomic mass is 19.2. The zero-order valence-corrected chi connectivity index (χ0v) is 17.5. The zero-order valence-electron chi connectivity index (χ0n) is 17.5. The number of hydrogen-bond donors (Lipinski definition) is 3. The van der Waals surface area contributed by atoms with Crippen molar-refractivity contribution < 1.29 is 18.0 Å². The molecule has 3 N–H and O–H groups in total. The number of anilines is 2. The Balaban J connectivity index is 1.55. The first-order valence-electron chi connectivity index (χ1n) is 10.1. The van der Waals surface area contributed by atoms with E-state index in [1.54, 1.807) is 7.05 Å². The number of hydrogen-bond acceptors (Lipinski definition) is 3. The molecule has 1 aliphatic rings. The fraction of sp³-hybridized carbons (Fsp3) is 0.364. The SMILES string of the molecule is CN=C(NCC(=O)Nc1ccc(F)c(F)c1F)NC(C)c1cccc(N2CCCC2)c1. The predicted molar refractivity (Wildman–Crippen MR) is 116 cm³/mol. The minimum absolute atomic E-state index is 0.0829. The summed E-state index contributed by atoms with van der Waals surface area (Å²) in [7, 11) is 1.57. The van der Waals surface area contributed by atoms with Gasteiger partial charge in [0.25, 0.3) is 0 Å². The van der Waals surface area contributed by atoms with Gasteiger partial charge in [0.1, 0.15) is 0 Å². The van der Waals surface area contributed by atoms with Gasteiger partial charge in [-0.2, -0.15) is 0 Å². The van der Waals surface area contributed by atoms with Crippen LogP contribution in [0.25, 0.3) is 0 Å². The van der Waals surface area contributed by atoms with Crippen LogP contribution in [0.4, 0.5) is 24.5 Å². The highest BCUT2D eigenvalue weighted by molar-refractivity contribution is 5.95. The highest BCUT2D eigenvalue weighted by Gasteiger charge is 2.17. The molecule has 1 saturated heterocycles. The number of amides is 1. The van der Waals surface area contributed by atoms with Crippen LogP contribution in [0.2, 0.25) is 0 Å². The maximum atomic E-state index is 13.7. The number of benzene rings is 2. The van der Waals surface area contributed by atoms with Crippen LogP contribution in [0.1, 0.15) is 31.4 Å². The Kier molecular flexibility index (Phi) is 7.38. The number of guanidine groups is 1. The van der Waals surface area contributed by atoms with E-state index in [1.165, 1.54) is 18.5 Å². The van der Waals surface area contributed by atoms with Crippen molar-refractivity contribution in [3.05, 3.63) is 59.4 Å². The van der Waals surface area contributed by atoms with Crippen LogP contribution in [0, 0.1) is 17.5 Å². The summed E-state index contributed by atoms with van der Waals surface area (Å²) in [5, 5.41) is 8.25. The smallest absolute Gasteiger partial charge is 0.243 e. The van der Waals surface area contributed by atoms with Crippen LogP contribution in [0.3, 0.4) is 0 Å². The lowest BCUT2D eigenvalue weighted by atomic mass is 10.1. The molecule has 9 heteroatoms. The topological polar surface area (TPSA) is 68.8 Å². The molecular formula is C22H26F3N5O. The van der Waals surface area contributed by atoms with Crippen LogP contribution >= 0.6 is 0 Å². The van der Waals surface area contributed by atoms with E-state index in [0.717, 1.165) is 30.8 Å². The maximum absolute atomic E-state index is 13.7. The van der Waals surface area contributed by atoms with Gasteiger partial charge in [-0.1, -0.05) is 12.1 Å². The molecule has 1 amide bonds. The van der Waals surface area contributed by atoms with Crippen molar-refractivity contribution in [2.75, 3.05) is 36.9 Å². The van der Waals surface area contributed by atoms with Gasteiger partial charge in [-0.15, -0.1) is 0 Å². The van der Waals surface area contributed by atoms with Gasteiger partial charge in [0.15, 0.2) is 23.4 Å². The fourth-order valence-corrected chi connectivity index (χ4v) is 3.43. The van der Waals surface area contributed by atoms with Crippen molar-refractivity contribution >= 4 is 23.2 Å². The van der Waals surface area contributed by atoms with Crippen molar-refractivity contribution in [1.82, 2.24) is 10.6 Å². The summed E-state index contributed by atoms with van der Waals surface area (Å²) in [6.07, 6.45) is 2.40. The zero-order chi connectivity index (χ0) is 22.4. The molecule has 2 aromatic carbocycles. The van der Waals surface area contributed by atoms with Gasteiger partial charge in [0, 0.05) is 25.8 Å². The van der Waals surface area contributed by atoms with Gasteiger partial charge in [-0.3, -0.25) is 9.79 Å². The molecule has 1 aliphatic heterocycles. The van der Waals surface area contributed by atoms with E-state index >= 15 is 0 Å². The molecular weight excluding hydrogens is 407 g/mol. The summed E-state index contributed by atoms with van der Waals surface area (Å²) in [5.41, 5.74) is 1.82. The van der Waals surface area contributed by atoms with Crippen molar-refractivity contribution in [2.24, 2.45) is 4.99 Å². The molecule has 0 aromatic heterocycles. The van der Waals surface area contributed by atoms with Gasteiger partial charge in [-0.05, 0) is 49.6 Å². The standard InChI is InChI=1S/C22H26F3N5O/c1-14(15-6-5-7-16(12-15)30-10-3-4-11-30)28-22(26-2)27-13-19(31)29-18-9-8-17(23)20(24)21(18)25/h5-9,12,14H,3-4,10-11,13H2,1-2H3,(H,29,31)(H2,26,27,28). The van der Waals surface area contributed by atoms with Gasteiger partial charge < -0.3 is 20.9 Å². The molecule has 2 aromatic rings. The first-order chi connectivity index (χ1) is 14.9. The van der Waals surface area contributed by atoms with Gasteiger partial charge in [0.2, 0.25) is 5.91 Å². The second-order valence-corrected chi connectivity index (χ2v) is 7.35. The summed E-state index contributed by atoms with van der Waals surface area (Å²) in [6.45, 7) is 3.86. The summed E-state index contributed by atoms with van der Waals surface area (Å²) >= 11 is 0. The number of nitrogens with zero attached hydrogens (tertiary/aromatic N) is 2. The number of carbonyl (C=O) groups excluding carboxylic acids is 1. The Morgan fingerprint density at radius 3 is 2.58 bits per heavy atom. The fourth-order valence-electron chi connectivity index (χ4n) is 3.43. The molecule has 6 nitrogen and oxygen atoms in total. The summed E-state index contributed by atoms with van der Waals surface area (Å²) in [5.74, 6) is -4.65. The third-order valence-corrected chi connectivity index (χ3v) is 5.14. The molecule has 1 fully saturated rings. The molecule has 0 saturated carbocycles. The average molecular weight is 433 g/mol. The molecule has 0 radical (unpaired) electrons. The van der Waals surface area contributed by atoms with Gasteiger partial charge >= 0.3 is 0 Å². The Hall–Kier alpha value is -3.23. The lowest BCUT2D eigenvalue weighted by molar-refractivity contribution is -0.115. The molecule has 0 aliphatic carbocycles. The largest absolute Gasteiger partial charge is 0.372 e. The third kappa shape index (κ3) is 5.68. The first kappa shape index (κ1) is 22.5. The molecule has 31 heavy (non-hydrogen) atoms. The minimum Gasteiger partial charge on any atom is -0.372 e. The normalized spacial score (nSPS) is 15.0. The van der Waals surface area contributed by atoms with Gasteiger partial charge in [0.05, 0.1) is 18.3 Å². The molecule has 1 unspecified atom stereocenters. The second-order valence-electron chi connectivity index (χ2n) is 7.35. The molecule has 3 rings (SSSR count). The highest BCUT2D eigenvalue weighted by Crippen LogP contribution is 2.24. The van der Waals surface area contributed by atoms with Gasteiger partial charge in [-0.25, -0.2) is 13.2 Å². The molecule has 0 spiro atoms. The third-order valence-electron chi connectivity index (χ3n) is 5.14. The number of nitrogens with one attached hydrogen (secondary N) is 3. The summed E-state index contributed by atoms with van der Waals surface area (Å²) in [6, 6.07) is 9.89. The minimum atomic E-state index is -1.63. The summed E-state index contributed by atoms with van der Waals surface area (Å²) < 4.78 is 40.0. The molecule has 1 heterocycles. The predicted octanol–water partition coefficient (Wildman–Crippen LogP) is 3.57. The van der Waals surface area contributed by atoms with E-state index in [1.807, 2.05) is 19.1 Å². The van der Waals surface area contributed by atoms with E-state index < -0.39 is 29.0 Å². The van der Waals surface area contributed by atoms with Crippen LogP contribution in [-0.4, -0.2) is 38.5 Å². The lowest BCUT2D eigenvalue weighted by Crippen LogP contribution is -2.42. The monoisotopic (exact) mass is 433 g/mol. The number of halogens is 3. The van der Waals surface area contributed by atoms with E-state index in [0.29, 0.717) is 5.96 Å². The Morgan fingerprint density at radius 2 is 1.87 bits per heavy atom. The van der Waals surface area contributed by atoms with Crippen molar-refractivity contribution in [3.8, 4) is 0 Å². The number of aliphatic imine (C=N–C) groups is 1. The van der Waals surface area contributed by atoms with E-state index in [-0.39, 0.29) is 12.6 Å². The van der Waals surface area contributed by atoms with Crippen molar-refractivity contribution in [2.45, 2.75) is 25.8 Å². The Labute approximate surface area is 179 Å². The quantitative estimate of drug-likeness (QED) is 0.370. The average Bonchev–Trinajstić information content (AvgIpc) is 3.32. The van der Waals surface area contributed by atoms with E-state index in [4.69, 9.17) is 0 Å². The Bertz CT molecular complexity index is 960. The first-order valence-corrected chi connectivity index (χ1v) is 10.1.